The van der Waals surface area contributed by atoms with Crippen LogP contribution in [-0.2, 0) is 0 Å². The van der Waals surface area contributed by atoms with E-state index in [1.807, 2.05) is 10.9 Å². The number of rotatable bonds is 3. The van der Waals surface area contributed by atoms with Gasteiger partial charge in [0.2, 0.25) is 0 Å². The third kappa shape index (κ3) is 2.50. The van der Waals surface area contributed by atoms with Crippen molar-refractivity contribution in [3.63, 3.8) is 0 Å². The number of nitrogens with one attached hydrogen (secondary N) is 1. The van der Waals surface area contributed by atoms with E-state index in [9.17, 15) is 0 Å². The Bertz CT molecular complexity index is 745. The zero-order chi connectivity index (χ0) is 14.8. The lowest BCUT2D eigenvalue weighted by molar-refractivity contribution is 0.274. The van der Waals surface area contributed by atoms with Gasteiger partial charge >= 0.3 is 0 Å². The fraction of sp³-hybridized carbons (Fsp3) is 0.333. The number of aromatic nitrogens is 3. The normalized spacial score (nSPS) is 17.6. The molecule has 0 radical (unpaired) electrons. The smallest absolute Gasteiger partial charge is 0.0815 e. The molecule has 0 amide bonds. The van der Waals surface area contributed by atoms with E-state index in [4.69, 9.17) is 0 Å². The van der Waals surface area contributed by atoms with E-state index in [0.29, 0.717) is 5.92 Å². The van der Waals surface area contributed by atoms with Gasteiger partial charge in [-0.05, 0) is 54.3 Å². The quantitative estimate of drug-likeness (QED) is 0.807. The first-order chi connectivity index (χ1) is 10.9. The molecule has 0 bridgehead atoms. The Morgan fingerprint density at radius 3 is 2.64 bits per heavy atom. The Labute approximate surface area is 130 Å². The van der Waals surface area contributed by atoms with Gasteiger partial charge in [-0.1, -0.05) is 41.6 Å². The molecule has 4 rings (SSSR count). The molecule has 22 heavy (non-hydrogen) atoms. The zero-order valence-electron chi connectivity index (χ0n) is 12.5. The summed E-state index contributed by atoms with van der Waals surface area (Å²) < 4.78 is 2.03. The van der Waals surface area contributed by atoms with Crippen molar-refractivity contribution in [1.29, 1.82) is 0 Å². The summed E-state index contributed by atoms with van der Waals surface area (Å²) in [6.45, 7) is 2.17. The molecule has 1 N–H and O–H groups in total. The molecule has 1 saturated heterocycles. The molecular formula is C18H20N4. The SMILES string of the molecule is c1ccc2cc(C(C3CCNCC3)n3ccnn3)ccc2c1. The van der Waals surface area contributed by atoms with Crippen LogP contribution < -0.4 is 5.32 Å². The summed E-state index contributed by atoms with van der Waals surface area (Å²) in [5, 5.41) is 14.3. The maximum Gasteiger partial charge on any atom is 0.0815 e. The third-order valence-electron chi connectivity index (χ3n) is 4.67. The van der Waals surface area contributed by atoms with Crippen molar-refractivity contribution >= 4 is 10.8 Å². The van der Waals surface area contributed by atoms with E-state index in [2.05, 4.69) is 58.1 Å². The van der Waals surface area contributed by atoms with Crippen molar-refractivity contribution in [1.82, 2.24) is 20.3 Å². The van der Waals surface area contributed by atoms with Crippen molar-refractivity contribution in [2.24, 2.45) is 5.92 Å². The summed E-state index contributed by atoms with van der Waals surface area (Å²) in [6, 6.07) is 15.6. The fourth-order valence-electron chi connectivity index (χ4n) is 3.56. The molecule has 0 spiro atoms. The summed E-state index contributed by atoms with van der Waals surface area (Å²) in [5.41, 5.74) is 1.33. The molecule has 4 heteroatoms. The maximum absolute atomic E-state index is 4.29. The van der Waals surface area contributed by atoms with Crippen LogP contribution in [0.15, 0.2) is 54.9 Å². The number of benzene rings is 2. The molecule has 3 aromatic rings. The second-order valence-electron chi connectivity index (χ2n) is 6.02. The highest BCUT2D eigenvalue weighted by Crippen LogP contribution is 2.33. The molecule has 112 valence electrons. The number of nitrogens with zero attached hydrogens (tertiary/aromatic N) is 3. The van der Waals surface area contributed by atoms with Crippen molar-refractivity contribution in [3.8, 4) is 0 Å². The molecule has 1 fully saturated rings. The minimum absolute atomic E-state index is 0.272. The zero-order valence-corrected chi connectivity index (χ0v) is 12.5. The fourth-order valence-corrected chi connectivity index (χ4v) is 3.56. The largest absolute Gasteiger partial charge is 0.317 e. The summed E-state index contributed by atoms with van der Waals surface area (Å²) in [7, 11) is 0. The van der Waals surface area contributed by atoms with Gasteiger partial charge < -0.3 is 5.32 Å². The standard InChI is InChI=1S/C18H20N4/c1-2-4-16-13-17(6-5-14(16)3-1)18(22-12-11-20-21-22)15-7-9-19-10-8-15/h1-6,11-13,15,18-19H,7-10H2. The number of hydrogen-bond acceptors (Lipinski definition) is 3. The topological polar surface area (TPSA) is 42.7 Å². The van der Waals surface area contributed by atoms with E-state index < -0.39 is 0 Å². The highest BCUT2D eigenvalue weighted by Gasteiger charge is 2.27. The first-order valence-electron chi connectivity index (χ1n) is 7.97. The van der Waals surface area contributed by atoms with Crippen molar-refractivity contribution in [2.75, 3.05) is 13.1 Å². The summed E-state index contributed by atoms with van der Waals surface area (Å²) >= 11 is 0. The van der Waals surface area contributed by atoms with E-state index in [1.54, 1.807) is 6.20 Å². The van der Waals surface area contributed by atoms with Crippen LogP contribution in [0.2, 0.25) is 0 Å². The molecule has 1 aliphatic rings. The highest BCUT2D eigenvalue weighted by molar-refractivity contribution is 5.83. The number of fused-ring (bicyclic) bond motifs is 1. The molecule has 4 nitrogen and oxygen atoms in total. The van der Waals surface area contributed by atoms with Gasteiger partial charge in [0, 0.05) is 6.20 Å². The lowest BCUT2D eigenvalue weighted by atomic mass is 9.85. The maximum atomic E-state index is 4.29. The monoisotopic (exact) mass is 292 g/mol. The summed E-state index contributed by atoms with van der Waals surface area (Å²) in [5.74, 6) is 0.601. The molecule has 1 aliphatic heterocycles. The minimum atomic E-state index is 0.272. The first kappa shape index (κ1) is 13.5. The van der Waals surface area contributed by atoms with E-state index >= 15 is 0 Å². The van der Waals surface area contributed by atoms with Crippen LogP contribution >= 0.6 is 0 Å². The Hall–Kier alpha value is -2.20. The third-order valence-corrected chi connectivity index (χ3v) is 4.67. The van der Waals surface area contributed by atoms with Crippen molar-refractivity contribution in [3.05, 3.63) is 60.4 Å². The molecule has 2 aromatic carbocycles. The number of piperidine rings is 1. The Kier molecular flexibility index (Phi) is 3.60. The van der Waals surface area contributed by atoms with Crippen LogP contribution in [0.3, 0.4) is 0 Å². The van der Waals surface area contributed by atoms with Crippen LogP contribution in [0.1, 0.15) is 24.4 Å². The van der Waals surface area contributed by atoms with Crippen molar-refractivity contribution < 1.29 is 0 Å². The Morgan fingerprint density at radius 2 is 1.86 bits per heavy atom. The first-order valence-corrected chi connectivity index (χ1v) is 7.97. The van der Waals surface area contributed by atoms with Gasteiger partial charge in [0.05, 0.1) is 12.2 Å². The molecule has 0 aliphatic carbocycles. The average molecular weight is 292 g/mol. The molecule has 0 saturated carbocycles. The van der Waals surface area contributed by atoms with Gasteiger partial charge in [-0.15, -0.1) is 5.10 Å². The van der Waals surface area contributed by atoms with Crippen LogP contribution in [0.4, 0.5) is 0 Å². The summed E-state index contributed by atoms with van der Waals surface area (Å²) in [4.78, 5) is 0. The molecule has 1 atom stereocenters. The van der Waals surface area contributed by atoms with Crippen LogP contribution in [0, 0.1) is 5.92 Å². The molecule has 2 heterocycles. The van der Waals surface area contributed by atoms with Gasteiger partial charge in [0.1, 0.15) is 0 Å². The lowest BCUT2D eigenvalue weighted by Gasteiger charge is -2.31. The predicted molar refractivity (Wildman–Crippen MR) is 87.7 cm³/mol. The van der Waals surface area contributed by atoms with Gasteiger partial charge in [-0.3, -0.25) is 0 Å². The number of hydrogen-bond donors (Lipinski definition) is 1. The van der Waals surface area contributed by atoms with Crippen LogP contribution in [0.25, 0.3) is 10.8 Å². The van der Waals surface area contributed by atoms with Crippen molar-refractivity contribution in [2.45, 2.75) is 18.9 Å². The van der Waals surface area contributed by atoms with Gasteiger partial charge in [0.25, 0.3) is 0 Å². The predicted octanol–water partition coefficient (Wildman–Crippen LogP) is 3.02. The van der Waals surface area contributed by atoms with Crippen LogP contribution in [0.5, 0.6) is 0 Å². The van der Waals surface area contributed by atoms with E-state index in [0.717, 1.165) is 13.1 Å². The Morgan fingerprint density at radius 1 is 1.05 bits per heavy atom. The lowest BCUT2D eigenvalue weighted by Crippen LogP contribution is -2.33. The van der Waals surface area contributed by atoms with Gasteiger partial charge in [0.15, 0.2) is 0 Å². The second-order valence-corrected chi connectivity index (χ2v) is 6.02. The summed E-state index contributed by atoms with van der Waals surface area (Å²) in [6.07, 6.45) is 6.12. The van der Waals surface area contributed by atoms with E-state index in [1.165, 1.54) is 29.2 Å². The minimum Gasteiger partial charge on any atom is -0.317 e. The highest BCUT2D eigenvalue weighted by atomic mass is 15.4. The average Bonchev–Trinajstić information content (AvgIpc) is 3.10. The van der Waals surface area contributed by atoms with E-state index in [-0.39, 0.29) is 6.04 Å². The molecular weight excluding hydrogens is 272 g/mol. The Balaban J connectivity index is 1.78. The molecule has 1 unspecified atom stereocenters. The molecule has 1 aromatic heterocycles. The van der Waals surface area contributed by atoms with Gasteiger partial charge in [-0.2, -0.15) is 0 Å². The second kappa shape index (κ2) is 5.89. The van der Waals surface area contributed by atoms with Gasteiger partial charge in [-0.25, -0.2) is 4.68 Å². The van der Waals surface area contributed by atoms with Crippen LogP contribution in [-0.4, -0.2) is 28.1 Å².